The van der Waals surface area contributed by atoms with Gasteiger partial charge in [0.1, 0.15) is 0 Å². The molecular formula is C2H4N2O2. The molecular weight excluding hydrogens is 84.0 g/mol. The molecule has 1 amide bonds. The first-order chi connectivity index (χ1) is 2.77. The van der Waals surface area contributed by atoms with Crippen LogP contribution in [0, 0.1) is 0 Å². The standard InChI is InChI=1S/C2H4N2O2/c3-1-4-2(5)6/h1H,(H2,3,4)(H,5,6). The van der Waals surface area contributed by atoms with Gasteiger partial charge < -0.3 is 10.8 Å². The van der Waals surface area contributed by atoms with E-state index < -0.39 is 6.09 Å². The zero-order valence-corrected chi connectivity index (χ0v) is 2.96. The Labute approximate surface area is 34.3 Å². The Kier molecular flexibility index (Phi) is 1.81. The molecule has 0 saturated heterocycles. The van der Waals surface area contributed by atoms with E-state index in [0.29, 0.717) is 0 Å². The number of carboxylic acid groups (broad SMARTS) is 1. The van der Waals surface area contributed by atoms with Crippen LogP contribution in [-0.2, 0) is 0 Å². The molecule has 6 heavy (non-hydrogen) atoms. The van der Waals surface area contributed by atoms with E-state index in [9.17, 15) is 4.79 Å². The van der Waals surface area contributed by atoms with E-state index in [1.165, 1.54) is 0 Å². The van der Waals surface area contributed by atoms with Crippen molar-refractivity contribution in [2.24, 2.45) is 10.7 Å². The van der Waals surface area contributed by atoms with E-state index >= 15 is 0 Å². The first-order valence-corrected chi connectivity index (χ1v) is 1.24. The maximum absolute atomic E-state index is 9.32. The van der Waals surface area contributed by atoms with Crippen molar-refractivity contribution in [1.82, 2.24) is 0 Å². The van der Waals surface area contributed by atoms with E-state index in [1.807, 2.05) is 0 Å². The van der Waals surface area contributed by atoms with E-state index in [4.69, 9.17) is 5.11 Å². The Bertz CT molecular complexity index is 77.6. The molecule has 0 aromatic heterocycles. The number of nitrogens with zero attached hydrogens (tertiary/aromatic N) is 1. The lowest BCUT2D eigenvalue weighted by Gasteiger charge is -1.69. The molecule has 0 aliphatic rings. The van der Waals surface area contributed by atoms with Gasteiger partial charge in [-0.1, -0.05) is 0 Å². The van der Waals surface area contributed by atoms with Crippen molar-refractivity contribution >= 4 is 12.4 Å². The van der Waals surface area contributed by atoms with Gasteiger partial charge in [-0.05, 0) is 0 Å². The van der Waals surface area contributed by atoms with Gasteiger partial charge >= 0.3 is 6.09 Å². The molecule has 0 atom stereocenters. The molecule has 4 nitrogen and oxygen atoms in total. The zero-order valence-electron chi connectivity index (χ0n) is 2.96. The Hall–Kier alpha value is -1.06. The lowest BCUT2D eigenvalue weighted by atomic mass is 11.2. The molecule has 0 unspecified atom stereocenters. The van der Waals surface area contributed by atoms with Gasteiger partial charge in [0, 0.05) is 0 Å². The van der Waals surface area contributed by atoms with Crippen molar-refractivity contribution < 1.29 is 9.90 Å². The highest BCUT2D eigenvalue weighted by atomic mass is 16.4. The predicted octanol–water partition coefficient (Wildman–Crippen LogP) is -0.349. The van der Waals surface area contributed by atoms with Gasteiger partial charge in [0.25, 0.3) is 0 Å². The summed E-state index contributed by atoms with van der Waals surface area (Å²) >= 11 is 0. The van der Waals surface area contributed by atoms with Crippen LogP contribution in [0.25, 0.3) is 0 Å². The van der Waals surface area contributed by atoms with Crippen LogP contribution in [-0.4, -0.2) is 17.5 Å². The third kappa shape index (κ3) is 2.94. The number of nitrogens with two attached hydrogens (primary N) is 1. The van der Waals surface area contributed by atoms with Gasteiger partial charge in [0.15, 0.2) is 0 Å². The molecule has 34 valence electrons. The van der Waals surface area contributed by atoms with Gasteiger partial charge in [-0.3, -0.25) is 0 Å². The molecule has 0 aromatic carbocycles. The first kappa shape index (κ1) is 4.94. The fourth-order valence-corrected chi connectivity index (χ4v) is 0.0638. The number of rotatable bonds is 0. The summed E-state index contributed by atoms with van der Waals surface area (Å²) in [5.41, 5.74) is 4.56. The number of hydrogen-bond donors (Lipinski definition) is 2. The van der Waals surface area contributed by atoms with Crippen molar-refractivity contribution in [2.45, 2.75) is 0 Å². The summed E-state index contributed by atoms with van der Waals surface area (Å²) in [5, 5.41) is 7.64. The van der Waals surface area contributed by atoms with Crippen molar-refractivity contribution in [3.63, 3.8) is 0 Å². The third-order valence-corrected chi connectivity index (χ3v) is 0.185. The smallest absolute Gasteiger partial charge is 0.432 e. The topological polar surface area (TPSA) is 75.7 Å². The highest BCUT2D eigenvalue weighted by Crippen LogP contribution is 1.61. The monoisotopic (exact) mass is 88.0 g/mol. The van der Waals surface area contributed by atoms with Crippen LogP contribution in [0.2, 0.25) is 0 Å². The van der Waals surface area contributed by atoms with Gasteiger partial charge in [0.2, 0.25) is 0 Å². The molecule has 3 N–H and O–H groups in total. The van der Waals surface area contributed by atoms with E-state index in [-0.39, 0.29) is 0 Å². The number of carbonyl (C=O) groups is 1. The fourth-order valence-electron chi connectivity index (χ4n) is 0.0638. The van der Waals surface area contributed by atoms with Crippen LogP contribution in [0.15, 0.2) is 4.99 Å². The second-order valence-electron chi connectivity index (χ2n) is 0.561. The number of aliphatic imine (C=N–C) groups is 1. The maximum atomic E-state index is 9.32. The van der Waals surface area contributed by atoms with Crippen LogP contribution in [0.5, 0.6) is 0 Å². The van der Waals surface area contributed by atoms with Gasteiger partial charge in [-0.15, -0.1) is 0 Å². The van der Waals surface area contributed by atoms with Crippen molar-refractivity contribution in [2.75, 3.05) is 0 Å². The lowest BCUT2D eigenvalue weighted by Crippen LogP contribution is -1.93. The average molecular weight is 88.1 g/mol. The molecule has 0 heterocycles. The van der Waals surface area contributed by atoms with Crippen LogP contribution in [0.1, 0.15) is 0 Å². The maximum Gasteiger partial charge on any atom is 0.432 e. The normalized spacial score (nSPS) is 9.33. The van der Waals surface area contributed by atoms with E-state index in [0.717, 1.165) is 6.34 Å². The van der Waals surface area contributed by atoms with Crippen molar-refractivity contribution in [1.29, 1.82) is 0 Å². The molecule has 0 rings (SSSR count). The van der Waals surface area contributed by atoms with Gasteiger partial charge in [0.05, 0.1) is 6.34 Å². The number of hydrogen-bond acceptors (Lipinski definition) is 1. The highest BCUT2D eigenvalue weighted by molar-refractivity contribution is 5.75. The molecule has 0 aliphatic carbocycles. The number of amides is 1. The van der Waals surface area contributed by atoms with Crippen molar-refractivity contribution in [3.8, 4) is 0 Å². The quantitative estimate of drug-likeness (QED) is 0.314. The zero-order chi connectivity index (χ0) is 4.99. The van der Waals surface area contributed by atoms with Crippen molar-refractivity contribution in [3.05, 3.63) is 0 Å². The molecule has 0 saturated carbocycles. The molecule has 4 heteroatoms. The average Bonchev–Trinajstić information content (AvgIpc) is 1.35. The molecule has 0 fully saturated rings. The molecule has 0 aliphatic heterocycles. The van der Waals surface area contributed by atoms with E-state index in [1.54, 1.807) is 0 Å². The summed E-state index contributed by atoms with van der Waals surface area (Å²) in [6.07, 6.45) is -0.542. The van der Waals surface area contributed by atoms with Crippen LogP contribution >= 0.6 is 0 Å². The van der Waals surface area contributed by atoms with E-state index in [2.05, 4.69) is 10.7 Å². The third-order valence-electron chi connectivity index (χ3n) is 0.185. The summed E-state index contributed by atoms with van der Waals surface area (Å²) in [5.74, 6) is 0. The van der Waals surface area contributed by atoms with Crippen LogP contribution in [0.4, 0.5) is 4.79 Å². The molecule has 0 radical (unpaired) electrons. The summed E-state index contributed by atoms with van der Waals surface area (Å²) < 4.78 is 0. The predicted molar refractivity (Wildman–Crippen MR) is 20.7 cm³/mol. The van der Waals surface area contributed by atoms with Gasteiger partial charge in [-0.25, -0.2) is 4.79 Å². The summed E-state index contributed by atoms with van der Waals surface area (Å²) in [4.78, 5) is 12.0. The second kappa shape index (κ2) is 2.19. The Balaban J connectivity index is 3.30. The van der Waals surface area contributed by atoms with Crippen LogP contribution in [0.3, 0.4) is 0 Å². The van der Waals surface area contributed by atoms with Gasteiger partial charge in [-0.2, -0.15) is 4.99 Å². The SMILES string of the molecule is NC=NC(=O)O. The summed E-state index contributed by atoms with van der Waals surface area (Å²) in [6.45, 7) is 0. The Morgan fingerprint density at radius 3 is 2.50 bits per heavy atom. The fraction of sp³-hybridized carbons (Fsp3) is 0. The minimum absolute atomic E-state index is 0.725. The Morgan fingerprint density at radius 1 is 2.00 bits per heavy atom. The summed E-state index contributed by atoms with van der Waals surface area (Å²) in [7, 11) is 0. The largest absolute Gasteiger partial charge is 0.463 e. The Morgan fingerprint density at radius 2 is 2.50 bits per heavy atom. The molecule has 0 spiro atoms. The summed E-state index contributed by atoms with van der Waals surface area (Å²) in [6, 6.07) is 0. The second-order valence-corrected chi connectivity index (χ2v) is 0.561. The minimum atomic E-state index is -1.27. The lowest BCUT2D eigenvalue weighted by molar-refractivity contribution is 0.206. The first-order valence-electron chi connectivity index (χ1n) is 1.24. The molecule has 0 bridgehead atoms. The van der Waals surface area contributed by atoms with Crippen LogP contribution < -0.4 is 5.73 Å². The minimum Gasteiger partial charge on any atom is -0.463 e. The highest BCUT2D eigenvalue weighted by Gasteiger charge is 1.78. The molecule has 0 aromatic rings.